The Morgan fingerprint density at radius 2 is 2.05 bits per heavy atom. The van der Waals surface area contributed by atoms with Gasteiger partial charge >= 0.3 is 0 Å². The first kappa shape index (κ1) is 14.5. The second-order valence-electron chi connectivity index (χ2n) is 6.24. The van der Waals surface area contributed by atoms with E-state index in [4.69, 9.17) is 5.84 Å². The highest BCUT2D eigenvalue weighted by molar-refractivity contribution is 5.85. The number of hydrogen-bond acceptors (Lipinski definition) is 3. The molecule has 0 bridgehead atoms. The van der Waals surface area contributed by atoms with E-state index in [9.17, 15) is 0 Å². The minimum absolute atomic E-state index is 0.234. The third-order valence-corrected chi connectivity index (χ3v) is 4.88. The minimum atomic E-state index is 0.234. The summed E-state index contributed by atoms with van der Waals surface area (Å²) in [7, 11) is 0. The summed E-state index contributed by atoms with van der Waals surface area (Å²) in [5.74, 6) is 6.74. The molecule has 1 unspecified atom stereocenters. The molecule has 112 valence electrons. The molecule has 3 heteroatoms. The van der Waals surface area contributed by atoms with E-state index in [-0.39, 0.29) is 6.04 Å². The maximum Gasteiger partial charge on any atom is 0.0466 e. The maximum absolute atomic E-state index is 5.85. The molecule has 0 amide bonds. The number of hydrazine groups is 1. The first-order valence-electron chi connectivity index (χ1n) is 8.17. The Kier molecular flexibility index (Phi) is 4.84. The molecule has 1 aliphatic carbocycles. The summed E-state index contributed by atoms with van der Waals surface area (Å²) in [4.78, 5) is 4.21. The Labute approximate surface area is 126 Å². The fourth-order valence-electron chi connectivity index (χ4n) is 3.66. The van der Waals surface area contributed by atoms with Crippen molar-refractivity contribution in [3.63, 3.8) is 0 Å². The Bertz CT molecular complexity index is 570. The molecule has 3 N–H and O–H groups in total. The first-order valence-corrected chi connectivity index (χ1v) is 8.17. The molecule has 1 aliphatic rings. The molecule has 1 saturated carbocycles. The summed E-state index contributed by atoms with van der Waals surface area (Å²) in [6.45, 7) is 0. The van der Waals surface area contributed by atoms with Crippen LogP contribution in [0, 0.1) is 5.92 Å². The summed E-state index contributed by atoms with van der Waals surface area (Å²) in [5, 5.41) is 2.45. The van der Waals surface area contributed by atoms with E-state index >= 15 is 0 Å². The van der Waals surface area contributed by atoms with E-state index in [2.05, 4.69) is 34.7 Å². The smallest absolute Gasteiger partial charge is 0.0466 e. The fraction of sp³-hybridized carbons (Fsp3) is 0.500. The standard InChI is InChI=1S/C18H25N3/c19-21-18(10-9-14-5-2-1-3-6-14)17-8-4-7-15-13-20-12-11-16(15)17/h4,7-8,11-14,18,21H,1-3,5-6,9-10,19H2. The van der Waals surface area contributed by atoms with E-state index in [1.807, 2.05) is 12.4 Å². The van der Waals surface area contributed by atoms with Crippen LogP contribution in [0.15, 0.2) is 36.7 Å². The molecule has 1 atom stereocenters. The Morgan fingerprint density at radius 3 is 2.86 bits per heavy atom. The van der Waals surface area contributed by atoms with Crippen LogP contribution in [-0.4, -0.2) is 4.98 Å². The van der Waals surface area contributed by atoms with Crippen molar-refractivity contribution in [3.8, 4) is 0 Å². The molecule has 1 heterocycles. The third-order valence-electron chi connectivity index (χ3n) is 4.88. The van der Waals surface area contributed by atoms with E-state index in [1.54, 1.807) is 0 Å². The average Bonchev–Trinajstić information content (AvgIpc) is 2.56. The molecule has 1 fully saturated rings. The zero-order valence-corrected chi connectivity index (χ0v) is 12.6. The van der Waals surface area contributed by atoms with Crippen LogP contribution in [-0.2, 0) is 0 Å². The molecule has 3 nitrogen and oxygen atoms in total. The zero-order chi connectivity index (χ0) is 14.5. The lowest BCUT2D eigenvalue weighted by atomic mass is 9.84. The highest BCUT2D eigenvalue weighted by Crippen LogP contribution is 2.32. The molecule has 3 rings (SSSR count). The Balaban J connectivity index is 1.75. The van der Waals surface area contributed by atoms with Gasteiger partial charge in [-0.15, -0.1) is 0 Å². The van der Waals surface area contributed by atoms with Crippen molar-refractivity contribution in [2.24, 2.45) is 11.8 Å². The average molecular weight is 283 g/mol. The van der Waals surface area contributed by atoms with E-state index < -0.39 is 0 Å². The topological polar surface area (TPSA) is 50.9 Å². The van der Waals surface area contributed by atoms with Crippen molar-refractivity contribution in [2.75, 3.05) is 0 Å². The second-order valence-corrected chi connectivity index (χ2v) is 6.24. The number of nitrogens with two attached hydrogens (primary N) is 1. The number of fused-ring (bicyclic) bond motifs is 1. The third kappa shape index (κ3) is 3.42. The van der Waals surface area contributed by atoms with Crippen LogP contribution in [0.25, 0.3) is 10.8 Å². The van der Waals surface area contributed by atoms with E-state index in [1.165, 1.54) is 54.9 Å². The van der Waals surface area contributed by atoms with Gasteiger partial charge in [-0.3, -0.25) is 16.3 Å². The van der Waals surface area contributed by atoms with Crippen molar-refractivity contribution in [2.45, 2.75) is 51.0 Å². The monoisotopic (exact) mass is 283 g/mol. The molecule has 1 aromatic carbocycles. The number of rotatable bonds is 5. The van der Waals surface area contributed by atoms with Gasteiger partial charge in [0, 0.05) is 23.8 Å². The quantitative estimate of drug-likeness (QED) is 0.641. The Morgan fingerprint density at radius 1 is 1.19 bits per heavy atom. The van der Waals surface area contributed by atoms with Crippen molar-refractivity contribution >= 4 is 10.8 Å². The normalized spacial score (nSPS) is 18.0. The van der Waals surface area contributed by atoms with Gasteiger partial charge in [-0.2, -0.15) is 0 Å². The molecule has 0 radical (unpaired) electrons. The van der Waals surface area contributed by atoms with Gasteiger partial charge in [0.15, 0.2) is 0 Å². The molecular formula is C18H25N3. The van der Waals surface area contributed by atoms with Crippen molar-refractivity contribution in [1.82, 2.24) is 10.4 Å². The van der Waals surface area contributed by atoms with Crippen LogP contribution in [0.3, 0.4) is 0 Å². The van der Waals surface area contributed by atoms with Gasteiger partial charge in [0.25, 0.3) is 0 Å². The lowest BCUT2D eigenvalue weighted by Crippen LogP contribution is -2.28. The molecule has 1 aromatic heterocycles. The van der Waals surface area contributed by atoms with Gasteiger partial charge in [-0.05, 0) is 35.8 Å². The van der Waals surface area contributed by atoms with Crippen LogP contribution in [0.1, 0.15) is 56.6 Å². The second kappa shape index (κ2) is 7.01. The van der Waals surface area contributed by atoms with E-state index in [0.717, 1.165) is 12.3 Å². The predicted molar refractivity (Wildman–Crippen MR) is 87.6 cm³/mol. The fourth-order valence-corrected chi connectivity index (χ4v) is 3.66. The van der Waals surface area contributed by atoms with Gasteiger partial charge in [-0.25, -0.2) is 0 Å². The summed E-state index contributed by atoms with van der Waals surface area (Å²) >= 11 is 0. The number of nitrogens with zero attached hydrogens (tertiary/aromatic N) is 1. The summed E-state index contributed by atoms with van der Waals surface area (Å²) in [5.41, 5.74) is 4.33. The van der Waals surface area contributed by atoms with Crippen LogP contribution in [0.2, 0.25) is 0 Å². The lowest BCUT2D eigenvalue weighted by molar-refractivity contribution is 0.315. The molecule has 2 aromatic rings. The summed E-state index contributed by atoms with van der Waals surface area (Å²) in [6.07, 6.45) is 13.2. The lowest BCUT2D eigenvalue weighted by Gasteiger charge is -2.24. The maximum atomic E-state index is 5.85. The molecular weight excluding hydrogens is 258 g/mol. The highest BCUT2D eigenvalue weighted by atomic mass is 15.2. The zero-order valence-electron chi connectivity index (χ0n) is 12.6. The predicted octanol–water partition coefficient (Wildman–Crippen LogP) is 4.10. The van der Waals surface area contributed by atoms with Crippen LogP contribution < -0.4 is 11.3 Å². The summed E-state index contributed by atoms with van der Waals surface area (Å²) in [6, 6.07) is 8.73. The van der Waals surface area contributed by atoms with Crippen molar-refractivity contribution in [3.05, 3.63) is 42.2 Å². The number of pyridine rings is 1. The number of benzene rings is 1. The SMILES string of the molecule is NNC(CCC1CCCCC1)c1cccc2cnccc12. The molecule has 21 heavy (non-hydrogen) atoms. The van der Waals surface area contributed by atoms with Gasteiger partial charge in [-0.1, -0.05) is 50.3 Å². The molecule has 0 saturated heterocycles. The van der Waals surface area contributed by atoms with Gasteiger partial charge in [0.1, 0.15) is 0 Å². The number of nitrogens with one attached hydrogen (secondary N) is 1. The van der Waals surface area contributed by atoms with Crippen LogP contribution >= 0.6 is 0 Å². The van der Waals surface area contributed by atoms with Gasteiger partial charge < -0.3 is 0 Å². The van der Waals surface area contributed by atoms with Crippen LogP contribution in [0.5, 0.6) is 0 Å². The van der Waals surface area contributed by atoms with Gasteiger partial charge in [0.05, 0.1) is 0 Å². The van der Waals surface area contributed by atoms with Crippen molar-refractivity contribution < 1.29 is 0 Å². The number of hydrogen-bond donors (Lipinski definition) is 2. The van der Waals surface area contributed by atoms with Crippen LogP contribution in [0.4, 0.5) is 0 Å². The number of aromatic nitrogens is 1. The highest BCUT2D eigenvalue weighted by Gasteiger charge is 2.18. The molecule has 0 aliphatic heterocycles. The summed E-state index contributed by atoms with van der Waals surface area (Å²) < 4.78 is 0. The van der Waals surface area contributed by atoms with E-state index in [0.29, 0.717) is 0 Å². The van der Waals surface area contributed by atoms with Crippen molar-refractivity contribution in [1.29, 1.82) is 0 Å². The van der Waals surface area contributed by atoms with Gasteiger partial charge in [0.2, 0.25) is 0 Å². The first-order chi connectivity index (χ1) is 10.4. The minimum Gasteiger partial charge on any atom is -0.271 e. The Hall–Kier alpha value is -1.45. The largest absolute Gasteiger partial charge is 0.271 e. The molecule has 0 spiro atoms.